The van der Waals surface area contributed by atoms with E-state index in [1.54, 1.807) is 0 Å². The van der Waals surface area contributed by atoms with Gasteiger partial charge in [0.2, 0.25) is 17.7 Å². The van der Waals surface area contributed by atoms with Crippen LogP contribution in [0.4, 0.5) is 4.79 Å². The van der Waals surface area contributed by atoms with Crippen LogP contribution in [-0.2, 0) is 19.1 Å². The first-order valence-electron chi connectivity index (χ1n) is 14.7. The van der Waals surface area contributed by atoms with Crippen LogP contribution < -0.4 is 21.7 Å². The highest BCUT2D eigenvalue weighted by atomic mass is 16.5. The molecule has 2 aliphatic rings. The maximum absolute atomic E-state index is 13.1. The fraction of sp³-hybridized carbons (Fsp3) is 0.500. The molecule has 4 amide bonds. The van der Waals surface area contributed by atoms with E-state index in [1.165, 1.54) is 0 Å². The molecule has 0 aromatic heterocycles. The van der Waals surface area contributed by atoms with E-state index < -0.39 is 30.0 Å². The average Bonchev–Trinajstić information content (AvgIpc) is 3.60. The molecular weight excluding hydrogens is 520 g/mol. The second-order valence-electron chi connectivity index (χ2n) is 11.5. The molecule has 0 bridgehead atoms. The summed E-state index contributed by atoms with van der Waals surface area (Å²) in [4.78, 5) is 50.4. The van der Waals surface area contributed by atoms with Gasteiger partial charge >= 0.3 is 6.09 Å². The number of fused-ring (bicyclic) bond motifs is 3. The Morgan fingerprint density at radius 2 is 1.51 bits per heavy atom. The molecule has 0 saturated heterocycles. The first-order chi connectivity index (χ1) is 19.7. The zero-order valence-electron chi connectivity index (χ0n) is 24.0. The number of nitrogens with one attached hydrogen (secondary N) is 3. The van der Waals surface area contributed by atoms with Crippen molar-refractivity contribution in [3.8, 4) is 11.1 Å². The normalized spacial score (nSPS) is 16.0. The molecule has 0 aliphatic heterocycles. The summed E-state index contributed by atoms with van der Waals surface area (Å²) in [5.41, 5.74) is 10.1. The SMILES string of the molecule is CC(C)CC(NC(=O)C(CCCNC(=O)OCC1c2ccccc2-c2ccccc21)NC(=O)C1CCCC1)C(N)=O. The molecule has 0 spiro atoms. The van der Waals surface area contributed by atoms with E-state index >= 15 is 0 Å². The molecule has 0 radical (unpaired) electrons. The zero-order valence-corrected chi connectivity index (χ0v) is 24.0. The van der Waals surface area contributed by atoms with Crippen molar-refractivity contribution in [3.63, 3.8) is 0 Å². The van der Waals surface area contributed by atoms with Crippen molar-refractivity contribution in [2.75, 3.05) is 13.2 Å². The predicted molar refractivity (Wildman–Crippen MR) is 157 cm³/mol. The van der Waals surface area contributed by atoms with Crippen molar-refractivity contribution >= 4 is 23.8 Å². The van der Waals surface area contributed by atoms with Gasteiger partial charge in [0, 0.05) is 18.4 Å². The summed E-state index contributed by atoms with van der Waals surface area (Å²) in [6, 6.07) is 14.7. The number of primary amides is 1. The summed E-state index contributed by atoms with van der Waals surface area (Å²) in [5.74, 6) is -1.18. The van der Waals surface area contributed by atoms with E-state index in [0.29, 0.717) is 19.3 Å². The molecule has 2 aromatic rings. The van der Waals surface area contributed by atoms with E-state index in [1.807, 2.05) is 38.1 Å². The third-order valence-corrected chi connectivity index (χ3v) is 8.01. The smallest absolute Gasteiger partial charge is 0.407 e. The second kappa shape index (κ2) is 14.1. The highest BCUT2D eigenvalue weighted by Gasteiger charge is 2.31. The van der Waals surface area contributed by atoms with E-state index in [2.05, 4.69) is 40.2 Å². The summed E-state index contributed by atoms with van der Waals surface area (Å²) >= 11 is 0. The molecular formula is C32H42N4O5. The van der Waals surface area contributed by atoms with Gasteiger partial charge in [0.1, 0.15) is 18.7 Å². The van der Waals surface area contributed by atoms with Crippen LogP contribution in [0.5, 0.6) is 0 Å². The molecule has 0 heterocycles. The van der Waals surface area contributed by atoms with Crippen molar-refractivity contribution < 1.29 is 23.9 Å². The van der Waals surface area contributed by atoms with Gasteiger partial charge in [-0.1, -0.05) is 75.2 Å². The summed E-state index contributed by atoms with van der Waals surface area (Å²) in [7, 11) is 0. The van der Waals surface area contributed by atoms with Crippen molar-refractivity contribution in [1.82, 2.24) is 16.0 Å². The Morgan fingerprint density at radius 1 is 0.902 bits per heavy atom. The minimum Gasteiger partial charge on any atom is -0.449 e. The van der Waals surface area contributed by atoms with Gasteiger partial charge in [0.15, 0.2) is 0 Å². The molecule has 2 unspecified atom stereocenters. The van der Waals surface area contributed by atoms with Crippen LogP contribution in [-0.4, -0.2) is 49.1 Å². The molecule has 5 N–H and O–H groups in total. The fourth-order valence-electron chi connectivity index (χ4n) is 5.88. The standard InChI is InChI=1S/C32H42N4O5/c1-20(2)18-28(29(33)37)36-31(39)27(35-30(38)21-10-3-4-11-21)16-9-17-34-32(40)41-19-26-24-14-7-5-12-22(24)23-13-6-8-15-25(23)26/h5-8,12-15,20-21,26-28H,3-4,9-11,16-19H2,1-2H3,(H2,33,37)(H,34,40)(H,35,38)(H,36,39). The summed E-state index contributed by atoms with van der Waals surface area (Å²) in [5, 5.41) is 8.36. The average molecular weight is 563 g/mol. The number of alkyl carbamates (subject to hydrolysis) is 1. The van der Waals surface area contributed by atoms with E-state index in [-0.39, 0.29) is 36.8 Å². The van der Waals surface area contributed by atoms with Gasteiger partial charge in [-0.25, -0.2) is 4.79 Å². The monoisotopic (exact) mass is 562 g/mol. The minimum absolute atomic E-state index is 0.0314. The zero-order chi connectivity index (χ0) is 29.4. The molecule has 2 aromatic carbocycles. The lowest BCUT2D eigenvalue weighted by Gasteiger charge is -2.24. The lowest BCUT2D eigenvalue weighted by Crippen LogP contribution is -2.54. The Bertz CT molecular complexity index is 1190. The molecule has 9 nitrogen and oxygen atoms in total. The first kappa shape index (κ1) is 30.1. The van der Waals surface area contributed by atoms with Gasteiger partial charge in [0.25, 0.3) is 0 Å². The van der Waals surface area contributed by atoms with Crippen LogP contribution >= 0.6 is 0 Å². The van der Waals surface area contributed by atoms with Gasteiger partial charge in [-0.15, -0.1) is 0 Å². The Morgan fingerprint density at radius 3 is 2.10 bits per heavy atom. The van der Waals surface area contributed by atoms with Crippen LogP contribution in [0.2, 0.25) is 0 Å². The van der Waals surface area contributed by atoms with Gasteiger partial charge in [-0.2, -0.15) is 0 Å². The molecule has 2 atom stereocenters. The third kappa shape index (κ3) is 7.86. The molecule has 1 fully saturated rings. The third-order valence-electron chi connectivity index (χ3n) is 8.01. The largest absolute Gasteiger partial charge is 0.449 e. The van der Waals surface area contributed by atoms with Gasteiger partial charge in [0.05, 0.1) is 0 Å². The van der Waals surface area contributed by atoms with Gasteiger partial charge < -0.3 is 26.4 Å². The summed E-state index contributed by atoms with van der Waals surface area (Å²) < 4.78 is 5.59. The molecule has 1 saturated carbocycles. The van der Waals surface area contributed by atoms with Gasteiger partial charge in [-0.05, 0) is 60.3 Å². The van der Waals surface area contributed by atoms with Gasteiger partial charge in [-0.3, -0.25) is 14.4 Å². The quantitative estimate of drug-likeness (QED) is 0.273. The Balaban J connectivity index is 1.29. The second-order valence-corrected chi connectivity index (χ2v) is 11.5. The number of rotatable bonds is 13. The minimum atomic E-state index is -0.832. The number of hydrogen-bond acceptors (Lipinski definition) is 5. The van der Waals surface area contributed by atoms with Crippen LogP contribution in [0.3, 0.4) is 0 Å². The van der Waals surface area contributed by atoms with Crippen molar-refractivity contribution in [2.24, 2.45) is 17.6 Å². The number of benzene rings is 2. The van der Waals surface area contributed by atoms with Crippen molar-refractivity contribution in [1.29, 1.82) is 0 Å². The van der Waals surface area contributed by atoms with E-state index in [4.69, 9.17) is 10.5 Å². The predicted octanol–water partition coefficient (Wildman–Crippen LogP) is 4.00. The Hall–Kier alpha value is -3.88. The maximum Gasteiger partial charge on any atom is 0.407 e. The number of amides is 4. The molecule has 41 heavy (non-hydrogen) atoms. The van der Waals surface area contributed by atoms with E-state index in [0.717, 1.165) is 47.9 Å². The summed E-state index contributed by atoms with van der Waals surface area (Å²) in [6.45, 7) is 4.37. The first-order valence-corrected chi connectivity index (χ1v) is 14.7. The fourth-order valence-corrected chi connectivity index (χ4v) is 5.88. The number of carbonyl (C=O) groups is 4. The van der Waals surface area contributed by atoms with Crippen molar-refractivity contribution in [3.05, 3.63) is 59.7 Å². The molecule has 220 valence electrons. The molecule has 2 aliphatic carbocycles. The Labute approximate surface area is 242 Å². The van der Waals surface area contributed by atoms with Crippen LogP contribution in [0.25, 0.3) is 11.1 Å². The molecule has 4 rings (SSSR count). The summed E-state index contributed by atoms with van der Waals surface area (Å²) in [6.07, 6.45) is 4.21. The highest BCUT2D eigenvalue weighted by molar-refractivity contribution is 5.92. The highest BCUT2D eigenvalue weighted by Crippen LogP contribution is 2.44. The molecule has 9 heteroatoms. The number of hydrogen-bond donors (Lipinski definition) is 4. The number of ether oxygens (including phenoxy) is 1. The number of nitrogens with two attached hydrogens (primary N) is 1. The van der Waals surface area contributed by atoms with Crippen LogP contribution in [0, 0.1) is 11.8 Å². The number of carbonyl (C=O) groups excluding carboxylic acids is 4. The van der Waals surface area contributed by atoms with Crippen LogP contribution in [0.1, 0.15) is 75.8 Å². The lowest BCUT2D eigenvalue weighted by molar-refractivity contribution is -0.133. The maximum atomic E-state index is 13.1. The lowest BCUT2D eigenvalue weighted by atomic mass is 9.98. The Kier molecular flexibility index (Phi) is 10.4. The topological polar surface area (TPSA) is 140 Å². The van der Waals surface area contributed by atoms with Crippen molar-refractivity contribution in [2.45, 2.75) is 76.8 Å². The van der Waals surface area contributed by atoms with Crippen LogP contribution in [0.15, 0.2) is 48.5 Å². The van der Waals surface area contributed by atoms with E-state index in [9.17, 15) is 19.2 Å².